The van der Waals surface area contributed by atoms with Gasteiger partial charge in [0, 0.05) is 5.69 Å². The Kier molecular flexibility index (Phi) is 4.76. The van der Waals surface area contributed by atoms with Gasteiger partial charge in [0.05, 0.1) is 11.4 Å². The molecule has 2 N–H and O–H groups in total. The number of aromatic nitrogens is 4. The van der Waals surface area contributed by atoms with Crippen molar-refractivity contribution in [1.29, 1.82) is 0 Å². The molecular formula is C16H15N5O2S. The number of carbonyl (C=O) groups is 1. The first kappa shape index (κ1) is 16.0. The maximum absolute atomic E-state index is 12.1. The van der Waals surface area contributed by atoms with Crippen LogP contribution in [0.4, 0.5) is 5.69 Å². The summed E-state index contributed by atoms with van der Waals surface area (Å²) >= 11 is 1.24. The Balaban J connectivity index is 1.65. The van der Waals surface area contributed by atoms with Crippen molar-refractivity contribution >= 4 is 23.4 Å². The zero-order valence-corrected chi connectivity index (χ0v) is 13.7. The highest BCUT2D eigenvalue weighted by atomic mass is 32.2. The number of amides is 1. The Morgan fingerprint density at radius 2 is 1.96 bits per heavy atom. The molecule has 1 aromatic heterocycles. The predicted octanol–water partition coefficient (Wildman–Crippen LogP) is 2.41. The molecule has 0 aliphatic carbocycles. The van der Waals surface area contributed by atoms with Crippen LogP contribution in [0.2, 0.25) is 0 Å². The second-order valence-electron chi connectivity index (χ2n) is 5.04. The molecule has 0 saturated carbocycles. The zero-order chi connectivity index (χ0) is 16.9. The van der Waals surface area contributed by atoms with E-state index in [1.165, 1.54) is 16.4 Å². The van der Waals surface area contributed by atoms with Gasteiger partial charge in [-0.25, -0.2) is 0 Å². The Bertz CT molecular complexity index is 848. The third kappa shape index (κ3) is 3.72. The molecule has 122 valence electrons. The third-order valence-electron chi connectivity index (χ3n) is 3.29. The second-order valence-corrected chi connectivity index (χ2v) is 5.98. The summed E-state index contributed by atoms with van der Waals surface area (Å²) in [6.07, 6.45) is 0. The lowest BCUT2D eigenvalue weighted by atomic mass is 10.2. The molecule has 7 nitrogen and oxygen atoms in total. The van der Waals surface area contributed by atoms with Crippen LogP contribution in [0.1, 0.15) is 5.56 Å². The molecule has 0 radical (unpaired) electrons. The summed E-state index contributed by atoms with van der Waals surface area (Å²) in [5.41, 5.74) is 2.51. The summed E-state index contributed by atoms with van der Waals surface area (Å²) in [6.45, 7) is 1.94. The number of nitrogens with zero attached hydrogens (tertiary/aromatic N) is 4. The van der Waals surface area contributed by atoms with Gasteiger partial charge in [0.2, 0.25) is 11.1 Å². The fourth-order valence-electron chi connectivity index (χ4n) is 2.05. The van der Waals surface area contributed by atoms with Gasteiger partial charge in [-0.05, 0) is 53.2 Å². The normalized spacial score (nSPS) is 10.5. The van der Waals surface area contributed by atoms with Crippen molar-refractivity contribution in [3.63, 3.8) is 0 Å². The van der Waals surface area contributed by atoms with E-state index >= 15 is 0 Å². The molecule has 0 spiro atoms. The fraction of sp³-hybridized carbons (Fsp3) is 0.125. The van der Waals surface area contributed by atoms with Gasteiger partial charge in [-0.15, -0.1) is 5.10 Å². The van der Waals surface area contributed by atoms with E-state index in [0.29, 0.717) is 10.8 Å². The predicted molar refractivity (Wildman–Crippen MR) is 91.4 cm³/mol. The number of hydrogen-bond acceptors (Lipinski definition) is 6. The van der Waals surface area contributed by atoms with E-state index in [9.17, 15) is 9.90 Å². The van der Waals surface area contributed by atoms with Crippen molar-refractivity contribution in [2.45, 2.75) is 12.1 Å². The van der Waals surface area contributed by atoms with Crippen LogP contribution in [0, 0.1) is 6.92 Å². The highest BCUT2D eigenvalue weighted by Gasteiger charge is 2.12. The van der Waals surface area contributed by atoms with Crippen LogP contribution >= 0.6 is 11.8 Å². The number of hydrogen-bond donors (Lipinski definition) is 2. The van der Waals surface area contributed by atoms with Gasteiger partial charge >= 0.3 is 0 Å². The number of tetrazole rings is 1. The number of aromatic hydroxyl groups is 1. The van der Waals surface area contributed by atoms with Gasteiger partial charge in [0.25, 0.3) is 0 Å². The molecule has 2 aromatic carbocycles. The van der Waals surface area contributed by atoms with Crippen LogP contribution in [0.15, 0.2) is 53.7 Å². The number of rotatable bonds is 5. The van der Waals surface area contributed by atoms with Crippen LogP contribution in [-0.2, 0) is 4.79 Å². The van der Waals surface area contributed by atoms with E-state index in [0.717, 1.165) is 11.3 Å². The maximum Gasteiger partial charge on any atom is 0.234 e. The van der Waals surface area contributed by atoms with Gasteiger partial charge in [-0.2, -0.15) is 4.68 Å². The molecule has 0 atom stereocenters. The molecule has 0 aliphatic heterocycles. The van der Waals surface area contributed by atoms with Crippen molar-refractivity contribution in [2.75, 3.05) is 11.1 Å². The van der Waals surface area contributed by atoms with Crippen molar-refractivity contribution in [2.24, 2.45) is 0 Å². The zero-order valence-electron chi connectivity index (χ0n) is 12.9. The fourth-order valence-corrected chi connectivity index (χ4v) is 2.75. The van der Waals surface area contributed by atoms with E-state index in [1.54, 1.807) is 24.3 Å². The summed E-state index contributed by atoms with van der Waals surface area (Å²) < 4.78 is 1.52. The lowest BCUT2D eigenvalue weighted by Crippen LogP contribution is -2.15. The van der Waals surface area contributed by atoms with Gasteiger partial charge in [-0.3, -0.25) is 4.79 Å². The number of carbonyl (C=O) groups excluding carboxylic acids is 1. The molecule has 8 heteroatoms. The molecule has 0 bridgehead atoms. The largest absolute Gasteiger partial charge is 0.508 e. The van der Waals surface area contributed by atoms with Crippen LogP contribution in [0.25, 0.3) is 5.69 Å². The minimum absolute atomic E-state index is 0.130. The molecule has 0 saturated heterocycles. The Labute approximate surface area is 142 Å². The molecule has 3 aromatic rings. The Hall–Kier alpha value is -2.87. The first-order valence-corrected chi connectivity index (χ1v) is 8.18. The smallest absolute Gasteiger partial charge is 0.234 e. The summed E-state index contributed by atoms with van der Waals surface area (Å²) in [5, 5.41) is 24.2. The Morgan fingerprint density at radius 1 is 1.21 bits per heavy atom. The molecule has 0 fully saturated rings. The highest BCUT2D eigenvalue weighted by molar-refractivity contribution is 7.99. The first-order valence-electron chi connectivity index (χ1n) is 7.19. The van der Waals surface area contributed by atoms with Crippen LogP contribution in [0.3, 0.4) is 0 Å². The van der Waals surface area contributed by atoms with Crippen LogP contribution in [-0.4, -0.2) is 37.0 Å². The average Bonchev–Trinajstić information content (AvgIpc) is 3.04. The number of nitrogens with one attached hydrogen (secondary N) is 1. The van der Waals surface area contributed by atoms with Crippen molar-refractivity contribution in [3.05, 3.63) is 54.1 Å². The van der Waals surface area contributed by atoms with E-state index in [-0.39, 0.29) is 17.4 Å². The monoisotopic (exact) mass is 341 g/mol. The minimum atomic E-state index is -0.130. The molecule has 0 unspecified atom stereocenters. The van der Waals surface area contributed by atoms with Gasteiger partial charge in [0.1, 0.15) is 5.75 Å². The molecule has 0 aliphatic rings. The van der Waals surface area contributed by atoms with Crippen LogP contribution < -0.4 is 5.32 Å². The summed E-state index contributed by atoms with van der Waals surface area (Å²) in [6, 6.07) is 14.1. The number of thioether (sulfide) groups is 1. The van der Waals surface area contributed by atoms with Gasteiger partial charge in [0.15, 0.2) is 0 Å². The maximum atomic E-state index is 12.1. The van der Waals surface area contributed by atoms with Crippen molar-refractivity contribution in [3.8, 4) is 11.4 Å². The molecule has 1 amide bonds. The molecule has 24 heavy (non-hydrogen) atoms. The third-order valence-corrected chi connectivity index (χ3v) is 4.21. The number of aryl methyl sites for hydroxylation is 1. The summed E-state index contributed by atoms with van der Waals surface area (Å²) in [4.78, 5) is 12.1. The number of phenolic OH excluding ortho intramolecular Hbond substituents is 1. The summed E-state index contributed by atoms with van der Waals surface area (Å²) in [7, 11) is 0. The number of benzene rings is 2. The van der Waals surface area contributed by atoms with E-state index < -0.39 is 0 Å². The Morgan fingerprint density at radius 3 is 2.71 bits per heavy atom. The number of para-hydroxylation sites is 1. The van der Waals surface area contributed by atoms with Crippen molar-refractivity contribution < 1.29 is 9.90 Å². The van der Waals surface area contributed by atoms with Gasteiger partial charge < -0.3 is 10.4 Å². The van der Waals surface area contributed by atoms with E-state index in [2.05, 4.69) is 20.8 Å². The quantitative estimate of drug-likeness (QED) is 0.692. The van der Waals surface area contributed by atoms with Gasteiger partial charge in [-0.1, -0.05) is 30.0 Å². The van der Waals surface area contributed by atoms with Crippen molar-refractivity contribution in [1.82, 2.24) is 20.2 Å². The van der Waals surface area contributed by atoms with Crippen LogP contribution in [0.5, 0.6) is 5.75 Å². The number of phenols is 1. The summed E-state index contributed by atoms with van der Waals surface area (Å²) in [5.74, 6) is 0.223. The van der Waals surface area contributed by atoms with E-state index in [1.807, 2.05) is 31.2 Å². The lowest BCUT2D eigenvalue weighted by Gasteiger charge is -2.08. The second kappa shape index (κ2) is 7.14. The first-order chi connectivity index (χ1) is 11.6. The highest BCUT2D eigenvalue weighted by Crippen LogP contribution is 2.20. The lowest BCUT2D eigenvalue weighted by molar-refractivity contribution is -0.113. The van der Waals surface area contributed by atoms with E-state index in [4.69, 9.17) is 0 Å². The molecule has 3 rings (SSSR count). The average molecular weight is 341 g/mol. The SMILES string of the molecule is Cc1ccccc1NC(=O)CSc1nnnn1-c1ccc(O)cc1. The standard InChI is InChI=1S/C16H15N5O2S/c1-11-4-2-3-5-14(11)17-15(23)10-24-16-18-19-20-21(16)12-6-8-13(22)9-7-12/h2-9,22H,10H2,1H3,(H,17,23). The molecule has 1 heterocycles. The number of anilines is 1. The molecular weight excluding hydrogens is 326 g/mol. The topological polar surface area (TPSA) is 92.9 Å². The minimum Gasteiger partial charge on any atom is -0.508 e.